The second-order valence-corrected chi connectivity index (χ2v) is 4.60. The number of carbonyl (C=O) groups is 1. The Morgan fingerprint density at radius 2 is 2.28 bits per heavy atom. The molecule has 1 saturated carbocycles. The number of carbonyl (C=O) groups excluding carboxylic acids is 1. The molecule has 0 unspecified atom stereocenters. The SMILES string of the molecule is CC(C)Oc1cc(NCC(=O)NC2CC2)ncn1. The molecule has 98 valence electrons. The average molecular weight is 250 g/mol. The number of amides is 1. The molecule has 6 nitrogen and oxygen atoms in total. The fraction of sp³-hybridized carbons (Fsp3) is 0.583. The smallest absolute Gasteiger partial charge is 0.239 e. The van der Waals surface area contributed by atoms with Crippen molar-refractivity contribution < 1.29 is 9.53 Å². The van der Waals surface area contributed by atoms with E-state index < -0.39 is 0 Å². The van der Waals surface area contributed by atoms with Crippen molar-refractivity contribution in [2.24, 2.45) is 0 Å². The van der Waals surface area contributed by atoms with Crippen LogP contribution in [0.15, 0.2) is 12.4 Å². The van der Waals surface area contributed by atoms with Crippen LogP contribution in [0.2, 0.25) is 0 Å². The molecule has 1 aliphatic rings. The molecule has 0 atom stereocenters. The second kappa shape index (κ2) is 5.66. The molecule has 0 aliphatic heterocycles. The highest BCUT2D eigenvalue weighted by Gasteiger charge is 2.22. The summed E-state index contributed by atoms with van der Waals surface area (Å²) in [6, 6.07) is 2.06. The van der Waals surface area contributed by atoms with Gasteiger partial charge in [0, 0.05) is 12.1 Å². The van der Waals surface area contributed by atoms with Gasteiger partial charge in [-0.15, -0.1) is 0 Å². The van der Waals surface area contributed by atoms with E-state index in [0.29, 0.717) is 17.7 Å². The van der Waals surface area contributed by atoms with Gasteiger partial charge in [0.1, 0.15) is 12.1 Å². The van der Waals surface area contributed by atoms with Crippen LogP contribution >= 0.6 is 0 Å². The van der Waals surface area contributed by atoms with E-state index in [4.69, 9.17) is 4.74 Å². The van der Waals surface area contributed by atoms with Gasteiger partial charge >= 0.3 is 0 Å². The number of nitrogens with one attached hydrogen (secondary N) is 2. The highest BCUT2D eigenvalue weighted by molar-refractivity contribution is 5.80. The third kappa shape index (κ3) is 4.20. The van der Waals surface area contributed by atoms with Crippen LogP contribution in [-0.2, 0) is 4.79 Å². The average Bonchev–Trinajstić information content (AvgIpc) is 3.10. The minimum Gasteiger partial charge on any atom is -0.475 e. The minimum absolute atomic E-state index is 0.0116. The predicted octanol–water partition coefficient (Wildman–Crippen LogP) is 0.954. The first-order valence-corrected chi connectivity index (χ1v) is 6.15. The maximum absolute atomic E-state index is 11.5. The predicted molar refractivity (Wildman–Crippen MR) is 67.5 cm³/mol. The van der Waals surface area contributed by atoms with Crippen LogP contribution in [0.4, 0.5) is 5.82 Å². The maximum Gasteiger partial charge on any atom is 0.239 e. The molecular weight excluding hydrogens is 232 g/mol. The molecule has 1 fully saturated rings. The van der Waals surface area contributed by atoms with E-state index in [1.807, 2.05) is 13.8 Å². The quantitative estimate of drug-likeness (QED) is 0.786. The molecular formula is C12H18N4O2. The van der Waals surface area contributed by atoms with E-state index in [0.717, 1.165) is 12.8 Å². The highest BCUT2D eigenvalue weighted by Crippen LogP contribution is 2.18. The van der Waals surface area contributed by atoms with E-state index in [2.05, 4.69) is 20.6 Å². The van der Waals surface area contributed by atoms with Crippen molar-refractivity contribution in [2.45, 2.75) is 38.8 Å². The van der Waals surface area contributed by atoms with Crippen LogP contribution < -0.4 is 15.4 Å². The second-order valence-electron chi connectivity index (χ2n) is 4.60. The summed E-state index contributed by atoms with van der Waals surface area (Å²) in [5.74, 6) is 1.08. The molecule has 0 radical (unpaired) electrons. The van der Waals surface area contributed by atoms with Gasteiger partial charge in [-0.05, 0) is 26.7 Å². The van der Waals surface area contributed by atoms with E-state index in [-0.39, 0.29) is 18.6 Å². The number of nitrogens with zero attached hydrogens (tertiary/aromatic N) is 2. The fourth-order valence-corrected chi connectivity index (χ4v) is 1.42. The normalized spacial score (nSPS) is 14.4. The zero-order chi connectivity index (χ0) is 13.0. The van der Waals surface area contributed by atoms with Gasteiger partial charge in [-0.25, -0.2) is 9.97 Å². The third-order valence-corrected chi connectivity index (χ3v) is 2.37. The number of aromatic nitrogens is 2. The van der Waals surface area contributed by atoms with Crippen molar-refractivity contribution in [3.05, 3.63) is 12.4 Å². The number of anilines is 1. The standard InChI is InChI=1S/C12H18N4O2/c1-8(2)18-12-5-10(14-7-15-12)13-6-11(17)16-9-3-4-9/h5,7-9H,3-4,6H2,1-2H3,(H,16,17)(H,13,14,15). The molecule has 18 heavy (non-hydrogen) atoms. The summed E-state index contributed by atoms with van der Waals surface area (Å²) in [4.78, 5) is 19.5. The van der Waals surface area contributed by atoms with Crippen LogP contribution in [0.5, 0.6) is 5.88 Å². The lowest BCUT2D eigenvalue weighted by Gasteiger charge is -2.10. The highest BCUT2D eigenvalue weighted by atomic mass is 16.5. The van der Waals surface area contributed by atoms with Crippen LogP contribution in [-0.4, -0.2) is 34.6 Å². The Kier molecular flexibility index (Phi) is 3.96. The Balaban J connectivity index is 1.82. The maximum atomic E-state index is 11.5. The van der Waals surface area contributed by atoms with Crippen LogP contribution in [0.3, 0.4) is 0 Å². The molecule has 0 saturated heterocycles. The molecule has 0 bridgehead atoms. The van der Waals surface area contributed by atoms with Crippen molar-refractivity contribution in [3.8, 4) is 5.88 Å². The molecule has 6 heteroatoms. The van der Waals surface area contributed by atoms with Gasteiger partial charge in [0.25, 0.3) is 0 Å². The Hall–Kier alpha value is -1.85. The molecule has 1 amide bonds. The summed E-state index contributed by atoms with van der Waals surface area (Å²) in [6.45, 7) is 4.07. The lowest BCUT2D eigenvalue weighted by Crippen LogP contribution is -2.31. The number of hydrogen-bond donors (Lipinski definition) is 2. The van der Waals surface area contributed by atoms with Crippen LogP contribution in [0, 0.1) is 0 Å². The molecule has 1 heterocycles. The fourth-order valence-electron chi connectivity index (χ4n) is 1.42. The van der Waals surface area contributed by atoms with Gasteiger partial charge in [-0.1, -0.05) is 0 Å². The summed E-state index contributed by atoms with van der Waals surface area (Å²) in [6.07, 6.45) is 3.65. The van der Waals surface area contributed by atoms with E-state index in [1.165, 1.54) is 6.33 Å². The third-order valence-electron chi connectivity index (χ3n) is 2.37. The topological polar surface area (TPSA) is 76.1 Å². The van der Waals surface area contributed by atoms with Gasteiger partial charge < -0.3 is 15.4 Å². The molecule has 2 N–H and O–H groups in total. The van der Waals surface area contributed by atoms with Crippen molar-refractivity contribution >= 4 is 11.7 Å². The van der Waals surface area contributed by atoms with Crippen molar-refractivity contribution in [3.63, 3.8) is 0 Å². The first-order chi connectivity index (χ1) is 8.63. The summed E-state index contributed by atoms with van der Waals surface area (Å²) >= 11 is 0. The van der Waals surface area contributed by atoms with E-state index in [1.54, 1.807) is 6.07 Å². The van der Waals surface area contributed by atoms with Crippen LogP contribution in [0.1, 0.15) is 26.7 Å². The number of hydrogen-bond acceptors (Lipinski definition) is 5. The molecule has 1 aromatic rings. The molecule has 0 aromatic carbocycles. The molecule has 1 aliphatic carbocycles. The first-order valence-electron chi connectivity index (χ1n) is 6.15. The van der Waals surface area contributed by atoms with Crippen LogP contribution in [0.25, 0.3) is 0 Å². The van der Waals surface area contributed by atoms with Gasteiger partial charge in [-0.2, -0.15) is 0 Å². The van der Waals surface area contributed by atoms with Gasteiger partial charge in [0.15, 0.2) is 0 Å². The van der Waals surface area contributed by atoms with Crippen molar-refractivity contribution in [1.82, 2.24) is 15.3 Å². The Labute approximate surface area is 106 Å². The number of rotatable bonds is 6. The summed E-state index contributed by atoms with van der Waals surface area (Å²) in [5.41, 5.74) is 0. The monoisotopic (exact) mass is 250 g/mol. The van der Waals surface area contributed by atoms with Gasteiger partial charge in [-0.3, -0.25) is 4.79 Å². The number of ether oxygens (including phenoxy) is 1. The summed E-state index contributed by atoms with van der Waals surface area (Å²) in [7, 11) is 0. The van der Waals surface area contributed by atoms with Crippen molar-refractivity contribution in [1.29, 1.82) is 0 Å². The lowest BCUT2D eigenvalue weighted by molar-refractivity contribution is -0.119. The summed E-state index contributed by atoms with van der Waals surface area (Å²) < 4.78 is 5.44. The zero-order valence-corrected chi connectivity index (χ0v) is 10.6. The van der Waals surface area contributed by atoms with Gasteiger partial charge in [0.05, 0.1) is 12.6 Å². The largest absolute Gasteiger partial charge is 0.475 e. The lowest BCUT2D eigenvalue weighted by atomic mass is 10.4. The van der Waals surface area contributed by atoms with E-state index in [9.17, 15) is 4.79 Å². The molecule has 2 rings (SSSR count). The Bertz CT molecular complexity index is 418. The Morgan fingerprint density at radius 3 is 2.94 bits per heavy atom. The Morgan fingerprint density at radius 1 is 1.50 bits per heavy atom. The summed E-state index contributed by atoms with van der Waals surface area (Å²) in [5, 5.41) is 5.84. The minimum atomic E-state index is -0.0116. The van der Waals surface area contributed by atoms with Crippen molar-refractivity contribution in [2.75, 3.05) is 11.9 Å². The first kappa shape index (κ1) is 12.6. The zero-order valence-electron chi connectivity index (χ0n) is 10.6. The van der Waals surface area contributed by atoms with E-state index >= 15 is 0 Å². The molecule has 0 spiro atoms. The van der Waals surface area contributed by atoms with Gasteiger partial charge in [0.2, 0.25) is 11.8 Å². The molecule has 1 aromatic heterocycles.